The average Bonchev–Trinajstić information content (AvgIpc) is 2.96. The molecule has 0 fully saturated rings. The molecule has 7 heteroatoms. The molecule has 0 saturated carbocycles. The molecule has 0 bridgehead atoms. The van der Waals surface area contributed by atoms with Crippen molar-refractivity contribution in [2.75, 3.05) is 19.4 Å². The molecule has 90 valence electrons. The van der Waals surface area contributed by atoms with Gasteiger partial charge in [-0.1, -0.05) is 0 Å². The van der Waals surface area contributed by atoms with E-state index in [0.717, 1.165) is 5.69 Å². The SMILES string of the molecule is CN(C)C(=O)c1cn[nH]c1NCc1cscn1. The maximum absolute atomic E-state index is 11.8. The van der Waals surface area contributed by atoms with Gasteiger partial charge in [0.25, 0.3) is 5.91 Å². The van der Waals surface area contributed by atoms with Crippen molar-refractivity contribution in [1.82, 2.24) is 20.1 Å². The second kappa shape index (κ2) is 4.96. The molecule has 2 N–H and O–H groups in total. The van der Waals surface area contributed by atoms with Gasteiger partial charge in [0, 0.05) is 19.5 Å². The van der Waals surface area contributed by atoms with Crippen LogP contribution in [0.4, 0.5) is 5.82 Å². The molecule has 0 radical (unpaired) electrons. The molecule has 0 spiro atoms. The summed E-state index contributed by atoms with van der Waals surface area (Å²) in [4.78, 5) is 17.5. The highest BCUT2D eigenvalue weighted by atomic mass is 32.1. The first-order valence-corrected chi connectivity index (χ1v) is 5.98. The molecule has 0 saturated heterocycles. The minimum absolute atomic E-state index is 0.0838. The Morgan fingerprint density at radius 1 is 1.59 bits per heavy atom. The summed E-state index contributed by atoms with van der Waals surface area (Å²) in [6.45, 7) is 0.569. The highest BCUT2D eigenvalue weighted by molar-refractivity contribution is 7.07. The zero-order valence-corrected chi connectivity index (χ0v) is 10.4. The first-order valence-electron chi connectivity index (χ1n) is 5.04. The fourth-order valence-electron chi connectivity index (χ4n) is 1.33. The van der Waals surface area contributed by atoms with Crippen molar-refractivity contribution in [3.63, 3.8) is 0 Å². The number of thiazole rings is 1. The molecule has 2 aromatic rings. The van der Waals surface area contributed by atoms with Crippen molar-refractivity contribution in [2.24, 2.45) is 0 Å². The summed E-state index contributed by atoms with van der Waals surface area (Å²) in [7, 11) is 3.42. The number of nitrogens with zero attached hydrogens (tertiary/aromatic N) is 3. The van der Waals surface area contributed by atoms with E-state index in [1.807, 2.05) is 5.38 Å². The lowest BCUT2D eigenvalue weighted by Gasteiger charge is -2.10. The van der Waals surface area contributed by atoms with Crippen molar-refractivity contribution in [3.8, 4) is 0 Å². The number of carbonyl (C=O) groups is 1. The standard InChI is InChI=1S/C10H13N5OS/c1-15(2)10(16)8-4-13-14-9(8)11-3-7-5-17-6-12-7/h4-6H,3H2,1-2H3,(H2,11,13,14). The van der Waals surface area contributed by atoms with Gasteiger partial charge in [0.2, 0.25) is 0 Å². The summed E-state index contributed by atoms with van der Waals surface area (Å²) in [5, 5.41) is 11.7. The van der Waals surface area contributed by atoms with Crippen LogP contribution in [0.5, 0.6) is 0 Å². The van der Waals surface area contributed by atoms with Crippen LogP contribution in [0.3, 0.4) is 0 Å². The fraction of sp³-hybridized carbons (Fsp3) is 0.300. The Labute approximate surface area is 103 Å². The van der Waals surface area contributed by atoms with Gasteiger partial charge in [0.1, 0.15) is 11.4 Å². The minimum Gasteiger partial charge on any atom is -0.364 e. The second-order valence-electron chi connectivity index (χ2n) is 3.69. The number of nitrogens with one attached hydrogen (secondary N) is 2. The van der Waals surface area contributed by atoms with Crippen molar-refractivity contribution in [1.29, 1.82) is 0 Å². The van der Waals surface area contributed by atoms with Crippen molar-refractivity contribution in [2.45, 2.75) is 6.54 Å². The minimum atomic E-state index is -0.0838. The summed E-state index contributed by atoms with van der Waals surface area (Å²) in [6.07, 6.45) is 1.52. The number of aromatic amines is 1. The van der Waals surface area contributed by atoms with Gasteiger partial charge in [0.05, 0.1) is 23.9 Å². The van der Waals surface area contributed by atoms with E-state index in [1.165, 1.54) is 11.1 Å². The molecule has 2 aromatic heterocycles. The van der Waals surface area contributed by atoms with E-state index in [-0.39, 0.29) is 5.91 Å². The predicted octanol–water partition coefficient (Wildman–Crippen LogP) is 1.18. The maximum Gasteiger partial charge on any atom is 0.258 e. The number of anilines is 1. The van der Waals surface area contributed by atoms with E-state index >= 15 is 0 Å². The number of amides is 1. The fourth-order valence-corrected chi connectivity index (χ4v) is 1.89. The molecule has 2 rings (SSSR count). The lowest BCUT2D eigenvalue weighted by molar-refractivity contribution is 0.0828. The quantitative estimate of drug-likeness (QED) is 0.855. The number of H-pyrrole nitrogens is 1. The smallest absolute Gasteiger partial charge is 0.258 e. The number of rotatable bonds is 4. The van der Waals surface area contributed by atoms with Gasteiger partial charge in [-0.3, -0.25) is 9.89 Å². The molecule has 0 aliphatic rings. The number of hydrogen-bond donors (Lipinski definition) is 2. The van der Waals surface area contributed by atoms with Crippen LogP contribution in [0, 0.1) is 0 Å². The van der Waals surface area contributed by atoms with Gasteiger partial charge in [-0.25, -0.2) is 4.98 Å². The monoisotopic (exact) mass is 251 g/mol. The van der Waals surface area contributed by atoms with E-state index in [1.54, 1.807) is 30.9 Å². The van der Waals surface area contributed by atoms with Crippen molar-refractivity contribution < 1.29 is 4.79 Å². The van der Waals surface area contributed by atoms with Crippen molar-refractivity contribution >= 4 is 23.1 Å². The van der Waals surface area contributed by atoms with Gasteiger partial charge < -0.3 is 10.2 Å². The Kier molecular flexibility index (Phi) is 3.38. The summed E-state index contributed by atoms with van der Waals surface area (Å²) < 4.78 is 0. The Balaban J connectivity index is 2.06. The zero-order chi connectivity index (χ0) is 12.3. The third kappa shape index (κ3) is 2.62. The summed E-state index contributed by atoms with van der Waals surface area (Å²) in [6, 6.07) is 0. The van der Waals surface area contributed by atoms with E-state index in [4.69, 9.17) is 0 Å². The highest BCUT2D eigenvalue weighted by Crippen LogP contribution is 2.14. The van der Waals surface area contributed by atoms with Crippen LogP contribution < -0.4 is 5.32 Å². The molecule has 2 heterocycles. The molecular weight excluding hydrogens is 238 g/mol. The molecule has 0 aromatic carbocycles. The van der Waals surface area contributed by atoms with Gasteiger partial charge >= 0.3 is 0 Å². The molecule has 0 unspecified atom stereocenters. The van der Waals surface area contributed by atoms with Crippen LogP contribution in [-0.4, -0.2) is 40.1 Å². The van der Waals surface area contributed by atoms with E-state index in [9.17, 15) is 4.79 Å². The average molecular weight is 251 g/mol. The maximum atomic E-state index is 11.8. The first kappa shape index (κ1) is 11.6. The molecular formula is C10H13N5OS. The predicted molar refractivity (Wildman–Crippen MR) is 66.0 cm³/mol. The van der Waals surface area contributed by atoms with Gasteiger partial charge in [-0.05, 0) is 0 Å². The second-order valence-corrected chi connectivity index (χ2v) is 4.41. The topological polar surface area (TPSA) is 73.9 Å². The third-order valence-electron chi connectivity index (χ3n) is 2.21. The molecule has 0 aliphatic heterocycles. The van der Waals surface area contributed by atoms with Crippen LogP contribution in [-0.2, 0) is 6.54 Å². The summed E-state index contributed by atoms with van der Waals surface area (Å²) >= 11 is 1.54. The van der Waals surface area contributed by atoms with Crippen LogP contribution in [0.25, 0.3) is 0 Å². The lowest BCUT2D eigenvalue weighted by Crippen LogP contribution is -2.22. The van der Waals surface area contributed by atoms with Crippen LogP contribution in [0.15, 0.2) is 17.1 Å². The van der Waals surface area contributed by atoms with E-state index in [2.05, 4.69) is 20.5 Å². The molecule has 6 nitrogen and oxygen atoms in total. The Morgan fingerprint density at radius 3 is 3.06 bits per heavy atom. The number of hydrogen-bond acceptors (Lipinski definition) is 5. The van der Waals surface area contributed by atoms with Gasteiger partial charge in [-0.2, -0.15) is 5.10 Å². The largest absolute Gasteiger partial charge is 0.364 e. The molecule has 0 atom stereocenters. The zero-order valence-electron chi connectivity index (χ0n) is 9.60. The Morgan fingerprint density at radius 2 is 2.41 bits per heavy atom. The summed E-state index contributed by atoms with van der Waals surface area (Å²) in [5.74, 6) is 0.538. The molecule has 17 heavy (non-hydrogen) atoms. The molecule has 1 amide bonds. The van der Waals surface area contributed by atoms with E-state index < -0.39 is 0 Å². The number of carbonyl (C=O) groups excluding carboxylic acids is 1. The van der Waals surface area contributed by atoms with Crippen LogP contribution >= 0.6 is 11.3 Å². The lowest BCUT2D eigenvalue weighted by atomic mass is 10.3. The first-order chi connectivity index (χ1) is 8.18. The van der Waals surface area contributed by atoms with E-state index in [0.29, 0.717) is 17.9 Å². The molecule has 0 aliphatic carbocycles. The number of aromatic nitrogens is 3. The summed E-state index contributed by atoms with van der Waals surface area (Å²) in [5.41, 5.74) is 3.24. The Hall–Kier alpha value is -1.89. The normalized spacial score (nSPS) is 10.2. The Bertz CT molecular complexity index is 491. The third-order valence-corrected chi connectivity index (χ3v) is 2.84. The van der Waals surface area contributed by atoms with Gasteiger partial charge in [-0.15, -0.1) is 11.3 Å². The van der Waals surface area contributed by atoms with Crippen LogP contribution in [0.2, 0.25) is 0 Å². The van der Waals surface area contributed by atoms with Crippen molar-refractivity contribution in [3.05, 3.63) is 28.3 Å². The van der Waals surface area contributed by atoms with Gasteiger partial charge in [0.15, 0.2) is 0 Å². The van der Waals surface area contributed by atoms with Crippen LogP contribution in [0.1, 0.15) is 16.1 Å². The highest BCUT2D eigenvalue weighted by Gasteiger charge is 2.15.